The van der Waals surface area contributed by atoms with Crippen molar-refractivity contribution in [2.75, 3.05) is 36.5 Å². The second-order valence-corrected chi connectivity index (χ2v) is 7.38. The van der Waals surface area contributed by atoms with Crippen LogP contribution < -0.4 is 9.80 Å². The summed E-state index contributed by atoms with van der Waals surface area (Å²) in [6.45, 7) is 1.13. The Balaban J connectivity index is 1.38. The normalized spacial score (nSPS) is 15.6. The first-order valence-electron chi connectivity index (χ1n) is 9.78. The third kappa shape index (κ3) is 2.80. The predicted octanol–water partition coefficient (Wildman–Crippen LogP) is 2.10. The van der Waals surface area contributed by atoms with E-state index in [1.54, 1.807) is 29.2 Å². The zero-order valence-electron chi connectivity index (χ0n) is 16.4. The molecule has 8 nitrogen and oxygen atoms in total. The number of hydrogen-bond donors (Lipinski definition) is 0. The van der Waals surface area contributed by atoms with E-state index in [-0.39, 0.29) is 30.7 Å². The predicted molar refractivity (Wildman–Crippen MR) is 112 cm³/mol. The number of anilines is 2. The van der Waals surface area contributed by atoms with E-state index in [9.17, 15) is 14.4 Å². The molecule has 0 saturated heterocycles. The molecular weight excluding hydrogens is 382 g/mol. The van der Waals surface area contributed by atoms with Gasteiger partial charge in [0.1, 0.15) is 0 Å². The number of imide groups is 1. The Morgan fingerprint density at radius 3 is 2.07 bits per heavy atom. The molecular formula is C22H19N5O3. The number of carbonyl (C=O) groups excluding carboxylic acids is 3. The van der Waals surface area contributed by atoms with Crippen LogP contribution in [0.15, 0.2) is 48.5 Å². The number of aromatic nitrogens is 2. The van der Waals surface area contributed by atoms with Gasteiger partial charge in [-0.3, -0.25) is 24.2 Å². The fraction of sp³-hybridized carbons (Fsp3) is 0.227. The van der Waals surface area contributed by atoms with Crippen LogP contribution in [0.3, 0.4) is 0 Å². The van der Waals surface area contributed by atoms with Gasteiger partial charge in [-0.25, -0.2) is 9.97 Å². The standard InChI is InChI=1S/C22H19N5O3/c1-25-12-13-26(20-19(25)23-16-8-4-5-9-17(16)24-20)18(28)10-11-27-21(29)14-6-2-3-7-15(14)22(27)30/h2-9H,10-13H2,1H3. The molecule has 0 radical (unpaired) electrons. The van der Waals surface area contributed by atoms with Crippen LogP contribution in [0, 0.1) is 0 Å². The van der Waals surface area contributed by atoms with E-state index in [4.69, 9.17) is 0 Å². The van der Waals surface area contributed by atoms with E-state index in [1.807, 2.05) is 36.2 Å². The minimum atomic E-state index is -0.354. The third-order valence-corrected chi connectivity index (χ3v) is 5.54. The van der Waals surface area contributed by atoms with Gasteiger partial charge in [0.25, 0.3) is 11.8 Å². The Morgan fingerprint density at radius 2 is 1.43 bits per heavy atom. The summed E-state index contributed by atoms with van der Waals surface area (Å²) in [5, 5.41) is 0. The summed E-state index contributed by atoms with van der Waals surface area (Å²) in [7, 11) is 1.92. The van der Waals surface area contributed by atoms with Gasteiger partial charge in [0.05, 0.1) is 22.2 Å². The summed E-state index contributed by atoms with van der Waals surface area (Å²) in [4.78, 5) is 52.2. The maximum absolute atomic E-state index is 13.0. The highest BCUT2D eigenvalue weighted by atomic mass is 16.2. The molecule has 3 heterocycles. The van der Waals surface area contributed by atoms with Crippen LogP contribution in [0.4, 0.5) is 11.6 Å². The van der Waals surface area contributed by atoms with Crippen LogP contribution >= 0.6 is 0 Å². The van der Waals surface area contributed by atoms with Crippen molar-refractivity contribution in [3.8, 4) is 0 Å². The van der Waals surface area contributed by atoms with Crippen molar-refractivity contribution in [2.45, 2.75) is 6.42 Å². The van der Waals surface area contributed by atoms with Crippen molar-refractivity contribution >= 4 is 40.4 Å². The molecule has 30 heavy (non-hydrogen) atoms. The number of benzene rings is 2. The first-order valence-corrected chi connectivity index (χ1v) is 9.78. The maximum Gasteiger partial charge on any atom is 0.261 e. The zero-order chi connectivity index (χ0) is 20.8. The van der Waals surface area contributed by atoms with Crippen molar-refractivity contribution in [2.24, 2.45) is 0 Å². The van der Waals surface area contributed by atoms with Gasteiger partial charge in [0.2, 0.25) is 5.91 Å². The Bertz CT molecular complexity index is 1170. The van der Waals surface area contributed by atoms with Crippen LogP contribution in [0.2, 0.25) is 0 Å². The highest BCUT2D eigenvalue weighted by molar-refractivity contribution is 6.21. The first kappa shape index (κ1) is 18.2. The van der Waals surface area contributed by atoms with Crippen molar-refractivity contribution in [3.05, 3.63) is 59.7 Å². The zero-order valence-corrected chi connectivity index (χ0v) is 16.4. The van der Waals surface area contributed by atoms with Gasteiger partial charge in [-0.05, 0) is 24.3 Å². The summed E-state index contributed by atoms with van der Waals surface area (Å²) in [5.41, 5.74) is 2.25. The molecule has 2 aromatic carbocycles. The topological polar surface area (TPSA) is 86.7 Å². The molecule has 2 aliphatic rings. The number of rotatable bonds is 3. The molecule has 150 valence electrons. The molecule has 0 aliphatic carbocycles. The van der Waals surface area contributed by atoms with Gasteiger partial charge in [-0.15, -0.1) is 0 Å². The molecule has 3 amide bonds. The molecule has 0 fully saturated rings. The van der Waals surface area contributed by atoms with Crippen LogP contribution in [-0.4, -0.2) is 59.3 Å². The van der Waals surface area contributed by atoms with E-state index in [0.29, 0.717) is 41.4 Å². The van der Waals surface area contributed by atoms with E-state index in [0.717, 1.165) is 10.4 Å². The van der Waals surface area contributed by atoms with E-state index in [1.165, 1.54) is 0 Å². The second-order valence-electron chi connectivity index (χ2n) is 7.38. The van der Waals surface area contributed by atoms with Gasteiger partial charge in [-0.2, -0.15) is 0 Å². The molecule has 0 N–H and O–H groups in total. The average molecular weight is 401 g/mol. The lowest BCUT2D eigenvalue weighted by Crippen LogP contribution is -2.45. The number of nitrogens with zero attached hydrogens (tertiary/aromatic N) is 5. The molecule has 8 heteroatoms. The molecule has 0 saturated carbocycles. The maximum atomic E-state index is 13.0. The van der Waals surface area contributed by atoms with Crippen molar-refractivity contribution < 1.29 is 14.4 Å². The molecule has 0 bridgehead atoms. The molecule has 3 aromatic rings. The van der Waals surface area contributed by atoms with Crippen LogP contribution in [0.25, 0.3) is 11.0 Å². The monoisotopic (exact) mass is 401 g/mol. The summed E-state index contributed by atoms with van der Waals surface area (Å²) < 4.78 is 0. The number of para-hydroxylation sites is 2. The fourth-order valence-electron chi connectivity index (χ4n) is 3.91. The molecule has 0 unspecified atom stereocenters. The molecule has 0 atom stereocenters. The first-order chi connectivity index (χ1) is 14.5. The van der Waals surface area contributed by atoms with E-state index in [2.05, 4.69) is 9.97 Å². The Hall–Kier alpha value is -3.81. The van der Waals surface area contributed by atoms with Gasteiger partial charge in [-0.1, -0.05) is 24.3 Å². The lowest BCUT2D eigenvalue weighted by Gasteiger charge is -2.34. The largest absolute Gasteiger partial charge is 0.355 e. The number of likely N-dealkylation sites (N-methyl/N-ethyl adjacent to an activating group) is 1. The van der Waals surface area contributed by atoms with Crippen molar-refractivity contribution in [1.82, 2.24) is 14.9 Å². The minimum absolute atomic E-state index is 0.0309. The highest BCUT2D eigenvalue weighted by Crippen LogP contribution is 2.31. The van der Waals surface area contributed by atoms with Crippen LogP contribution in [-0.2, 0) is 4.79 Å². The van der Waals surface area contributed by atoms with Gasteiger partial charge < -0.3 is 4.90 Å². The third-order valence-electron chi connectivity index (χ3n) is 5.54. The van der Waals surface area contributed by atoms with Crippen molar-refractivity contribution in [1.29, 1.82) is 0 Å². The Morgan fingerprint density at radius 1 is 0.867 bits per heavy atom. The smallest absolute Gasteiger partial charge is 0.261 e. The quantitative estimate of drug-likeness (QED) is 0.625. The molecule has 0 spiro atoms. The number of amides is 3. The van der Waals surface area contributed by atoms with Gasteiger partial charge >= 0.3 is 0 Å². The summed E-state index contributed by atoms with van der Waals surface area (Å²) in [5.74, 6) is 0.259. The lowest BCUT2D eigenvalue weighted by molar-refractivity contribution is -0.118. The summed E-state index contributed by atoms with van der Waals surface area (Å²) in [6.07, 6.45) is 0.0309. The second kappa shape index (κ2) is 6.91. The molecule has 2 aliphatic heterocycles. The lowest BCUT2D eigenvalue weighted by atomic mass is 10.1. The minimum Gasteiger partial charge on any atom is -0.355 e. The van der Waals surface area contributed by atoms with E-state index >= 15 is 0 Å². The Labute approximate surface area is 172 Å². The van der Waals surface area contributed by atoms with Crippen LogP contribution in [0.5, 0.6) is 0 Å². The molecule has 5 rings (SSSR count). The molecule has 1 aromatic heterocycles. The highest BCUT2D eigenvalue weighted by Gasteiger charge is 2.36. The number of fused-ring (bicyclic) bond motifs is 3. The van der Waals surface area contributed by atoms with E-state index < -0.39 is 0 Å². The van der Waals surface area contributed by atoms with Crippen LogP contribution in [0.1, 0.15) is 27.1 Å². The summed E-state index contributed by atoms with van der Waals surface area (Å²) in [6, 6.07) is 14.2. The number of carbonyl (C=O) groups is 3. The average Bonchev–Trinajstić information content (AvgIpc) is 3.01. The SMILES string of the molecule is CN1CCN(C(=O)CCN2C(=O)c3ccccc3C2=O)c2nc3ccccc3nc21. The number of hydrogen-bond acceptors (Lipinski definition) is 6. The van der Waals surface area contributed by atoms with Crippen molar-refractivity contribution in [3.63, 3.8) is 0 Å². The fourth-order valence-corrected chi connectivity index (χ4v) is 3.91. The Kier molecular flexibility index (Phi) is 4.20. The summed E-state index contributed by atoms with van der Waals surface area (Å²) >= 11 is 0. The van der Waals surface area contributed by atoms with Gasteiger partial charge in [0, 0.05) is 33.1 Å². The van der Waals surface area contributed by atoms with Gasteiger partial charge in [0.15, 0.2) is 11.6 Å².